The highest BCUT2D eigenvalue weighted by atomic mass is 16.1. The normalized spacial score (nSPS) is 11.0. The van der Waals surface area contributed by atoms with Gasteiger partial charge in [0.05, 0.1) is 28.0 Å². The van der Waals surface area contributed by atoms with Crippen molar-refractivity contribution in [1.82, 2.24) is 20.3 Å². The molecule has 5 aromatic rings. The molecule has 0 aliphatic heterocycles. The maximum atomic E-state index is 13.1. The van der Waals surface area contributed by atoms with E-state index in [4.69, 9.17) is 4.98 Å². The third-order valence-electron chi connectivity index (χ3n) is 5.28. The molecule has 150 valence electrons. The van der Waals surface area contributed by atoms with Crippen molar-refractivity contribution in [2.24, 2.45) is 0 Å². The van der Waals surface area contributed by atoms with Crippen LogP contribution in [-0.2, 0) is 6.42 Å². The first-order chi connectivity index (χ1) is 15.3. The smallest absolute Gasteiger partial charge is 0.252 e. The lowest BCUT2D eigenvalue weighted by Crippen LogP contribution is -2.26. The van der Waals surface area contributed by atoms with Crippen LogP contribution in [0.15, 0.2) is 91.3 Å². The number of para-hydroxylation sites is 2. The number of benzene rings is 2. The Balaban J connectivity index is 1.41. The van der Waals surface area contributed by atoms with Crippen molar-refractivity contribution in [3.8, 4) is 11.4 Å². The molecule has 3 aromatic heterocycles. The van der Waals surface area contributed by atoms with Crippen molar-refractivity contribution in [3.63, 3.8) is 0 Å². The first-order valence-corrected chi connectivity index (χ1v) is 10.2. The summed E-state index contributed by atoms with van der Waals surface area (Å²) >= 11 is 0. The van der Waals surface area contributed by atoms with Gasteiger partial charge >= 0.3 is 0 Å². The molecule has 0 aliphatic rings. The number of fused-ring (bicyclic) bond motifs is 2. The molecule has 1 amide bonds. The topological polar surface area (TPSA) is 67.8 Å². The van der Waals surface area contributed by atoms with Crippen molar-refractivity contribution < 1.29 is 4.79 Å². The predicted molar refractivity (Wildman–Crippen MR) is 123 cm³/mol. The van der Waals surface area contributed by atoms with E-state index in [0.717, 1.165) is 33.1 Å². The molecule has 5 heteroatoms. The Hall–Kier alpha value is -4.12. The fraction of sp³-hybridized carbons (Fsp3) is 0.0769. The molecule has 0 atom stereocenters. The van der Waals surface area contributed by atoms with Gasteiger partial charge in [0, 0.05) is 29.7 Å². The number of nitrogens with one attached hydrogen (secondary N) is 1. The van der Waals surface area contributed by atoms with Gasteiger partial charge in [-0.2, -0.15) is 0 Å². The van der Waals surface area contributed by atoms with E-state index in [2.05, 4.69) is 21.4 Å². The van der Waals surface area contributed by atoms with Crippen LogP contribution in [-0.4, -0.2) is 27.4 Å². The molecule has 0 aliphatic carbocycles. The number of hydrogen-bond donors (Lipinski definition) is 1. The molecule has 0 saturated carbocycles. The first kappa shape index (κ1) is 18.9. The number of aromatic nitrogens is 3. The van der Waals surface area contributed by atoms with E-state index in [1.165, 1.54) is 0 Å². The highest BCUT2D eigenvalue weighted by Crippen LogP contribution is 2.24. The molecule has 0 bridgehead atoms. The molecular formula is C26H20N4O. The van der Waals surface area contributed by atoms with E-state index in [-0.39, 0.29) is 5.91 Å². The van der Waals surface area contributed by atoms with Gasteiger partial charge in [-0.25, -0.2) is 4.98 Å². The van der Waals surface area contributed by atoms with E-state index in [1.54, 1.807) is 12.4 Å². The first-order valence-electron chi connectivity index (χ1n) is 10.2. The lowest BCUT2D eigenvalue weighted by atomic mass is 10.0. The van der Waals surface area contributed by atoms with Gasteiger partial charge in [-0.1, -0.05) is 48.5 Å². The number of carbonyl (C=O) groups excluding carboxylic acids is 1. The minimum atomic E-state index is -0.121. The van der Waals surface area contributed by atoms with Crippen LogP contribution in [0.2, 0.25) is 0 Å². The largest absolute Gasteiger partial charge is 0.352 e. The zero-order chi connectivity index (χ0) is 21.0. The number of pyridine rings is 3. The summed E-state index contributed by atoms with van der Waals surface area (Å²) < 4.78 is 0. The van der Waals surface area contributed by atoms with E-state index >= 15 is 0 Å². The fourth-order valence-corrected chi connectivity index (χ4v) is 3.78. The molecule has 0 radical (unpaired) electrons. The molecule has 0 spiro atoms. The second kappa shape index (κ2) is 8.32. The molecule has 0 saturated heterocycles. The van der Waals surface area contributed by atoms with Crippen LogP contribution in [0.25, 0.3) is 33.2 Å². The van der Waals surface area contributed by atoms with E-state index in [1.807, 2.05) is 72.8 Å². The van der Waals surface area contributed by atoms with Gasteiger partial charge in [-0.15, -0.1) is 0 Å². The molecule has 5 rings (SSSR count). The quantitative estimate of drug-likeness (QED) is 0.456. The summed E-state index contributed by atoms with van der Waals surface area (Å²) in [6, 6.07) is 25.3. The molecule has 31 heavy (non-hydrogen) atoms. The zero-order valence-electron chi connectivity index (χ0n) is 16.8. The minimum Gasteiger partial charge on any atom is -0.352 e. The Morgan fingerprint density at radius 2 is 1.65 bits per heavy atom. The Morgan fingerprint density at radius 3 is 2.55 bits per heavy atom. The molecule has 0 fully saturated rings. The van der Waals surface area contributed by atoms with Crippen LogP contribution in [0, 0.1) is 0 Å². The molecule has 0 unspecified atom stereocenters. The number of amides is 1. The van der Waals surface area contributed by atoms with E-state index in [0.29, 0.717) is 24.2 Å². The van der Waals surface area contributed by atoms with Gasteiger partial charge in [0.2, 0.25) is 0 Å². The zero-order valence-corrected chi connectivity index (χ0v) is 16.8. The summed E-state index contributed by atoms with van der Waals surface area (Å²) in [4.78, 5) is 26.7. The molecular weight excluding hydrogens is 384 g/mol. The second-order valence-electron chi connectivity index (χ2n) is 7.29. The second-order valence-corrected chi connectivity index (χ2v) is 7.29. The Kier molecular flexibility index (Phi) is 5.07. The summed E-state index contributed by atoms with van der Waals surface area (Å²) in [7, 11) is 0. The summed E-state index contributed by atoms with van der Waals surface area (Å²) in [6.07, 6.45) is 4.23. The molecule has 5 nitrogen and oxygen atoms in total. The monoisotopic (exact) mass is 404 g/mol. The molecule has 1 N–H and O–H groups in total. The Bertz CT molecular complexity index is 1380. The van der Waals surface area contributed by atoms with Gasteiger partial charge in [-0.3, -0.25) is 14.8 Å². The highest BCUT2D eigenvalue weighted by molar-refractivity contribution is 6.07. The van der Waals surface area contributed by atoms with Gasteiger partial charge in [0.1, 0.15) is 0 Å². The molecule has 2 aromatic carbocycles. The Morgan fingerprint density at radius 1 is 0.806 bits per heavy atom. The van der Waals surface area contributed by atoms with Crippen molar-refractivity contribution in [1.29, 1.82) is 0 Å². The SMILES string of the molecule is O=C(NCCc1cccc2cccnc12)c1cc(-c2ccccn2)nc2ccccc12. The van der Waals surface area contributed by atoms with E-state index in [9.17, 15) is 4.79 Å². The van der Waals surface area contributed by atoms with Crippen LogP contribution >= 0.6 is 0 Å². The maximum absolute atomic E-state index is 13.1. The average Bonchev–Trinajstić information content (AvgIpc) is 2.84. The number of nitrogens with zero attached hydrogens (tertiary/aromatic N) is 3. The standard InChI is InChI=1S/C26H20N4O/c31-26(29-16-13-19-8-5-7-18-9-6-15-28-25(18)19)21-17-24(23-12-3-4-14-27-23)30-22-11-2-1-10-20(21)22/h1-12,14-15,17H,13,16H2,(H,29,31). The summed E-state index contributed by atoms with van der Waals surface area (Å²) in [5.41, 5.74) is 4.89. The lowest BCUT2D eigenvalue weighted by molar-refractivity contribution is 0.0956. The van der Waals surface area contributed by atoms with Crippen LogP contribution in [0.3, 0.4) is 0 Å². The van der Waals surface area contributed by atoms with Gasteiger partial charge in [0.25, 0.3) is 5.91 Å². The molecule has 3 heterocycles. The van der Waals surface area contributed by atoms with Crippen LogP contribution in [0.4, 0.5) is 0 Å². The number of rotatable bonds is 5. The third-order valence-corrected chi connectivity index (χ3v) is 5.28. The average molecular weight is 404 g/mol. The van der Waals surface area contributed by atoms with Crippen molar-refractivity contribution >= 4 is 27.7 Å². The van der Waals surface area contributed by atoms with Gasteiger partial charge in [0.15, 0.2) is 0 Å². The fourth-order valence-electron chi connectivity index (χ4n) is 3.78. The van der Waals surface area contributed by atoms with Crippen molar-refractivity contribution in [2.75, 3.05) is 6.54 Å². The number of hydrogen-bond acceptors (Lipinski definition) is 4. The van der Waals surface area contributed by atoms with Crippen molar-refractivity contribution in [3.05, 3.63) is 102 Å². The van der Waals surface area contributed by atoms with Gasteiger partial charge in [-0.05, 0) is 42.3 Å². The maximum Gasteiger partial charge on any atom is 0.252 e. The summed E-state index contributed by atoms with van der Waals surface area (Å²) in [5.74, 6) is -0.121. The van der Waals surface area contributed by atoms with E-state index < -0.39 is 0 Å². The summed E-state index contributed by atoms with van der Waals surface area (Å²) in [6.45, 7) is 0.518. The Labute approximate surface area is 179 Å². The lowest BCUT2D eigenvalue weighted by Gasteiger charge is -2.11. The van der Waals surface area contributed by atoms with Crippen LogP contribution < -0.4 is 5.32 Å². The van der Waals surface area contributed by atoms with Crippen LogP contribution in [0.1, 0.15) is 15.9 Å². The number of carbonyl (C=O) groups is 1. The summed E-state index contributed by atoms with van der Waals surface area (Å²) in [5, 5.41) is 5.00. The van der Waals surface area contributed by atoms with Crippen LogP contribution in [0.5, 0.6) is 0 Å². The minimum absolute atomic E-state index is 0.121. The van der Waals surface area contributed by atoms with Gasteiger partial charge < -0.3 is 5.32 Å². The van der Waals surface area contributed by atoms with Crippen molar-refractivity contribution in [2.45, 2.75) is 6.42 Å². The highest BCUT2D eigenvalue weighted by Gasteiger charge is 2.14. The predicted octanol–water partition coefficient (Wildman–Crippen LogP) is 4.82. The third kappa shape index (κ3) is 3.85.